The zero-order valence-corrected chi connectivity index (χ0v) is 18.9. The molecule has 1 aromatic rings. The zero-order valence-electron chi connectivity index (χ0n) is 17.1. The molecule has 0 unspecified atom stereocenters. The summed E-state index contributed by atoms with van der Waals surface area (Å²) < 4.78 is 6.05. The van der Waals surface area contributed by atoms with Crippen molar-refractivity contribution in [1.29, 1.82) is 0 Å². The molecule has 166 valence electrons. The van der Waals surface area contributed by atoms with Gasteiger partial charge in [-0.1, -0.05) is 30.4 Å². The minimum absolute atomic E-state index is 0.150. The maximum atomic E-state index is 12.9. The fraction of sp³-hybridized carbons (Fsp3) is 0.524. The lowest BCUT2D eigenvalue weighted by atomic mass is 10.1. The van der Waals surface area contributed by atoms with Crippen molar-refractivity contribution in [3.63, 3.8) is 0 Å². The lowest BCUT2D eigenvalue weighted by Gasteiger charge is -2.24. The van der Waals surface area contributed by atoms with E-state index in [-0.39, 0.29) is 18.1 Å². The Morgan fingerprint density at radius 2 is 2.17 bits per heavy atom. The minimum atomic E-state index is -1.02. The van der Waals surface area contributed by atoms with E-state index in [1.54, 1.807) is 11.8 Å². The molecule has 4 N–H and O–H groups in total. The van der Waals surface area contributed by atoms with E-state index in [0.29, 0.717) is 37.4 Å². The second-order valence-corrected chi connectivity index (χ2v) is 8.56. The van der Waals surface area contributed by atoms with Gasteiger partial charge >= 0.3 is 5.97 Å². The number of amides is 1. The molecule has 4 atom stereocenters. The van der Waals surface area contributed by atoms with Crippen LogP contribution in [0.1, 0.15) is 12.8 Å². The van der Waals surface area contributed by atoms with Crippen LogP contribution >= 0.6 is 24.4 Å². The highest BCUT2D eigenvalue weighted by molar-refractivity contribution is 7.98. The monoisotopic (exact) mass is 453 g/mol. The maximum absolute atomic E-state index is 12.9. The first-order valence-electron chi connectivity index (χ1n) is 9.95. The van der Waals surface area contributed by atoms with Gasteiger partial charge in [0.2, 0.25) is 5.91 Å². The Morgan fingerprint density at radius 1 is 1.43 bits per heavy atom. The van der Waals surface area contributed by atoms with Crippen molar-refractivity contribution in [3.8, 4) is 5.75 Å². The molecule has 0 saturated carbocycles. The number of hydrogen-bond acceptors (Lipinski definition) is 7. The lowest BCUT2D eigenvalue weighted by molar-refractivity contribution is -0.142. The largest absolute Gasteiger partial charge is 0.489 e. The van der Waals surface area contributed by atoms with Crippen LogP contribution in [0.3, 0.4) is 0 Å². The number of para-hydroxylation sites is 1. The van der Waals surface area contributed by atoms with E-state index in [9.17, 15) is 14.7 Å². The van der Waals surface area contributed by atoms with Crippen molar-refractivity contribution in [3.05, 3.63) is 42.5 Å². The van der Waals surface area contributed by atoms with Crippen molar-refractivity contribution >= 4 is 36.3 Å². The Hall–Kier alpha value is -1.68. The highest BCUT2D eigenvalue weighted by atomic mass is 32.2. The SMILES string of the molecule is CSCC[C@H](NC(=O)[C@H]1C[C@H](Oc2ccccc2)CN1C/C=C/[C@@H](N)CS)C(=O)O. The second kappa shape index (κ2) is 12.9. The number of carboxylic acid groups (broad SMARTS) is 1. The van der Waals surface area contributed by atoms with Crippen LogP contribution in [0.15, 0.2) is 42.5 Å². The van der Waals surface area contributed by atoms with Crippen LogP contribution < -0.4 is 15.8 Å². The predicted molar refractivity (Wildman–Crippen MR) is 124 cm³/mol. The van der Waals surface area contributed by atoms with E-state index in [0.717, 1.165) is 5.75 Å². The number of ether oxygens (including phenoxy) is 1. The van der Waals surface area contributed by atoms with Gasteiger partial charge in [-0.25, -0.2) is 4.79 Å². The van der Waals surface area contributed by atoms with Gasteiger partial charge in [0.1, 0.15) is 17.9 Å². The van der Waals surface area contributed by atoms with Gasteiger partial charge in [-0.15, -0.1) is 0 Å². The molecule has 1 aliphatic rings. The third kappa shape index (κ3) is 7.86. The van der Waals surface area contributed by atoms with Gasteiger partial charge in [0.25, 0.3) is 0 Å². The molecule has 0 aliphatic carbocycles. The molecule has 7 nitrogen and oxygen atoms in total. The number of benzene rings is 1. The standard InChI is InChI=1S/C21H31N3O4S2/c1-30-11-9-18(21(26)27)23-20(25)19-12-17(28-16-7-3-2-4-8-16)13-24(19)10-5-6-15(22)14-29/h2-8,15,17-19,29H,9-14,22H2,1H3,(H,23,25)(H,26,27)/b6-5+/t15-,17+,18+,19-/m1/s1. The van der Waals surface area contributed by atoms with Crippen molar-refractivity contribution in [2.75, 3.05) is 30.9 Å². The number of carboxylic acids is 1. The van der Waals surface area contributed by atoms with Crippen molar-refractivity contribution in [1.82, 2.24) is 10.2 Å². The summed E-state index contributed by atoms with van der Waals surface area (Å²) in [5.74, 6) is 0.652. The normalized spacial score (nSPS) is 21.4. The van der Waals surface area contributed by atoms with Crippen LogP contribution in [-0.2, 0) is 9.59 Å². The summed E-state index contributed by atoms with van der Waals surface area (Å²) >= 11 is 5.72. The molecule has 0 bridgehead atoms. The number of carbonyl (C=O) groups excluding carboxylic acids is 1. The number of likely N-dealkylation sites (tertiary alicyclic amines) is 1. The molecule has 1 fully saturated rings. The highest BCUT2D eigenvalue weighted by Gasteiger charge is 2.38. The number of nitrogens with one attached hydrogen (secondary N) is 1. The number of carbonyl (C=O) groups is 2. The average Bonchev–Trinajstić information content (AvgIpc) is 3.13. The highest BCUT2D eigenvalue weighted by Crippen LogP contribution is 2.23. The summed E-state index contributed by atoms with van der Waals surface area (Å²) in [6, 6.07) is 7.97. The van der Waals surface area contributed by atoms with E-state index in [4.69, 9.17) is 10.5 Å². The first kappa shape index (κ1) is 24.6. The molecule has 0 spiro atoms. The van der Waals surface area contributed by atoms with Gasteiger partial charge in [-0.2, -0.15) is 24.4 Å². The molecule has 1 saturated heterocycles. The predicted octanol–water partition coefficient (Wildman–Crippen LogP) is 1.64. The Kier molecular flexibility index (Phi) is 10.6. The first-order chi connectivity index (χ1) is 14.4. The maximum Gasteiger partial charge on any atom is 0.326 e. The Bertz CT molecular complexity index is 705. The molecule has 9 heteroatoms. The molecule has 1 aliphatic heterocycles. The summed E-state index contributed by atoms with van der Waals surface area (Å²) in [4.78, 5) is 26.5. The molecule has 1 amide bonds. The third-order valence-corrected chi connectivity index (χ3v) is 5.94. The van der Waals surface area contributed by atoms with E-state index >= 15 is 0 Å². The number of aliphatic carboxylic acids is 1. The number of hydrogen-bond donors (Lipinski definition) is 4. The average molecular weight is 454 g/mol. The van der Waals surface area contributed by atoms with Gasteiger partial charge in [0, 0.05) is 31.3 Å². The quantitative estimate of drug-likeness (QED) is 0.282. The fourth-order valence-electron chi connectivity index (χ4n) is 3.31. The van der Waals surface area contributed by atoms with Gasteiger partial charge < -0.3 is 20.9 Å². The van der Waals surface area contributed by atoms with Crippen LogP contribution in [0.4, 0.5) is 0 Å². The molecule has 0 aromatic heterocycles. The molecular formula is C21H31N3O4S2. The molecule has 1 aromatic carbocycles. The number of rotatable bonds is 12. The van der Waals surface area contributed by atoms with Crippen molar-refractivity contribution in [2.24, 2.45) is 5.73 Å². The van der Waals surface area contributed by atoms with E-state index < -0.39 is 18.1 Å². The summed E-state index contributed by atoms with van der Waals surface area (Å²) in [6.45, 7) is 1.09. The van der Waals surface area contributed by atoms with Crippen LogP contribution in [0, 0.1) is 0 Å². The van der Waals surface area contributed by atoms with Crippen LogP contribution in [0.25, 0.3) is 0 Å². The Labute approximate surface area is 187 Å². The summed E-state index contributed by atoms with van der Waals surface area (Å²) in [6.07, 6.45) is 6.41. The Balaban J connectivity index is 2.07. The van der Waals surface area contributed by atoms with E-state index in [1.807, 2.05) is 53.6 Å². The third-order valence-electron chi connectivity index (χ3n) is 4.87. The summed E-state index contributed by atoms with van der Waals surface area (Å²) in [7, 11) is 0. The van der Waals surface area contributed by atoms with Crippen molar-refractivity contribution < 1.29 is 19.4 Å². The van der Waals surface area contributed by atoms with Gasteiger partial charge in [0.15, 0.2) is 0 Å². The molecule has 30 heavy (non-hydrogen) atoms. The molecule has 0 radical (unpaired) electrons. The summed E-state index contributed by atoms with van der Waals surface area (Å²) in [5.41, 5.74) is 5.87. The first-order valence-corrected chi connectivity index (χ1v) is 12.0. The van der Waals surface area contributed by atoms with Crippen LogP contribution in [0.5, 0.6) is 5.75 Å². The van der Waals surface area contributed by atoms with Gasteiger partial charge in [-0.3, -0.25) is 9.69 Å². The van der Waals surface area contributed by atoms with Crippen LogP contribution in [0.2, 0.25) is 0 Å². The number of nitrogens with two attached hydrogens (primary N) is 1. The van der Waals surface area contributed by atoms with Gasteiger partial charge in [-0.05, 0) is 30.6 Å². The summed E-state index contributed by atoms with van der Waals surface area (Å²) in [5, 5.41) is 12.1. The molecular weight excluding hydrogens is 422 g/mol. The zero-order chi connectivity index (χ0) is 21.9. The Morgan fingerprint density at radius 3 is 2.80 bits per heavy atom. The van der Waals surface area contributed by atoms with E-state index in [1.165, 1.54) is 0 Å². The second-order valence-electron chi connectivity index (χ2n) is 7.21. The van der Waals surface area contributed by atoms with Crippen molar-refractivity contribution in [2.45, 2.75) is 37.1 Å². The number of thiol groups is 1. The minimum Gasteiger partial charge on any atom is -0.489 e. The number of nitrogens with zero attached hydrogens (tertiary/aromatic N) is 1. The van der Waals surface area contributed by atoms with Gasteiger partial charge in [0.05, 0.1) is 6.04 Å². The number of thioether (sulfide) groups is 1. The fourth-order valence-corrected chi connectivity index (χ4v) is 3.90. The van der Waals surface area contributed by atoms with Crippen LogP contribution in [-0.4, -0.2) is 77.0 Å². The topological polar surface area (TPSA) is 105 Å². The lowest BCUT2D eigenvalue weighted by Crippen LogP contribution is -2.49. The van der Waals surface area contributed by atoms with E-state index in [2.05, 4.69) is 17.9 Å². The molecule has 2 rings (SSSR count). The molecule has 1 heterocycles. The smallest absolute Gasteiger partial charge is 0.326 e.